The molecule has 0 saturated carbocycles. The second kappa shape index (κ2) is 10.7. The summed E-state index contributed by atoms with van der Waals surface area (Å²) in [6.45, 7) is 4.57. The molecule has 8 nitrogen and oxygen atoms in total. The zero-order valence-electron chi connectivity index (χ0n) is 18.5. The van der Waals surface area contributed by atoms with Crippen LogP contribution in [0.1, 0.15) is 42.4 Å². The van der Waals surface area contributed by atoms with Crippen molar-refractivity contribution in [2.75, 3.05) is 13.1 Å². The van der Waals surface area contributed by atoms with E-state index in [1.165, 1.54) is 0 Å². The number of benzene rings is 1. The lowest BCUT2D eigenvalue weighted by Gasteiger charge is -2.35. The fraction of sp³-hybridized carbons (Fsp3) is 0.435. The molecule has 1 saturated heterocycles. The van der Waals surface area contributed by atoms with Crippen LogP contribution in [-0.4, -0.2) is 48.7 Å². The second-order valence-electron chi connectivity index (χ2n) is 8.12. The number of hydrogen-bond donors (Lipinski definition) is 2. The Hall–Kier alpha value is -2.78. The summed E-state index contributed by atoms with van der Waals surface area (Å²) in [6, 6.07) is 8.78. The van der Waals surface area contributed by atoms with Gasteiger partial charge in [-0.05, 0) is 61.9 Å². The van der Waals surface area contributed by atoms with Crippen LogP contribution in [0.4, 0.5) is 0 Å². The summed E-state index contributed by atoms with van der Waals surface area (Å²) in [6.07, 6.45) is 6.17. The topological polar surface area (TPSA) is 108 Å². The van der Waals surface area contributed by atoms with E-state index < -0.39 is 21.8 Å². The summed E-state index contributed by atoms with van der Waals surface area (Å²) < 4.78 is 28.3. The third kappa shape index (κ3) is 5.92. The van der Waals surface area contributed by atoms with Crippen LogP contribution in [-0.2, 0) is 26.2 Å². The van der Waals surface area contributed by atoms with Crippen LogP contribution in [0.3, 0.4) is 0 Å². The molecule has 2 N–H and O–H groups in total. The average Bonchev–Trinajstić information content (AvgIpc) is 2.79. The largest absolute Gasteiger partial charge is 0.348 e. The van der Waals surface area contributed by atoms with Crippen molar-refractivity contribution in [3.8, 4) is 0 Å². The maximum absolute atomic E-state index is 13.4. The molecule has 1 aromatic carbocycles. The summed E-state index contributed by atoms with van der Waals surface area (Å²) in [5.41, 5.74) is 2.41. The molecule has 0 radical (unpaired) electrons. The predicted molar refractivity (Wildman–Crippen MR) is 121 cm³/mol. The van der Waals surface area contributed by atoms with Crippen LogP contribution in [0.25, 0.3) is 0 Å². The van der Waals surface area contributed by atoms with E-state index in [1.807, 2.05) is 19.1 Å². The van der Waals surface area contributed by atoms with Crippen LogP contribution >= 0.6 is 0 Å². The first-order valence-electron chi connectivity index (χ1n) is 10.8. The van der Waals surface area contributed by atoms with Gasteiger partial charge in [-0.1, -0.05) is 24.6 Å². The highest BCUT2D eigenvalue weighted by molar-refractivity contribution is 7.89. The zero-order valence-corrected chi connectivity index (χ0v) is 19.3. The molecule has 1 aliphatic rings. The van der Waals surface area contributed by atoms with Gasteiger partial charge in [0, 0.05) is 38.1 Å². The monoisotopic (exact) mass is 458 g/mol. The zero-order chi connectivity index (χ0) is 23.1. The molecule has 0 unspecified atom stereocenters. The molecule has 0 aliphatic carbocycles. The predicted octanol–water partition coefficient (Wildman–Crippen LogP) is 2.06. The number of nitrogens with zero attached hydrogens (tertiary/aromatic N) is 2. The molecule has 3 rings (SSSR count). The SMILES string of the molecule is Cc1ccc(C)c(S(=O)(=O)N2CCCC[C@H]2CCNC(=O)C(=O)NCc2cccnc2)c1. The highest BCUT2D eigenvalue weighted by Gasteiger charge is 2.34. The van der Waals surface area contributed by atoms with Gasteiger partial charge in [-0.15, -0.1) is 0 Å². The van der Waals surface area contributed by atoms with E-state index in [4.69, 9.17) is 0 Å². The molecule has 1 fully saturated rings. The number of pyridine rings is 1. The van der Waals surface area contributed by atoms with E-state index in [2.05, 4.69) is 15.6 Å². The Bertz CT molecular complexity index is 1060. The minimum Gasteiger partial charge on any atom is -0.348 e. The number of rotatable bonds is 7. The quantitative estimate of drug-likeness (QED) is 0.618. The molecule has 32 heavy (non-hydrogen) atoms. The molecule has 1 atom stereocenters. The molecule has 1 aromatic heterocycles. The first-order valence-corrected chi connectivity index (χ1v) is 12.3. The Morgan fingerprint density at radius 3 is 2.66 bits per heavy atom. The molecule has 2 aromatic rings. The molecule has 2 amide bonds. The van der Waals surface area contributed by atoms with Crippen LogP contribution in [0.15, 0.2) is 47.6 Å². The number of piperidine rings is 1. The van der Waals surface area contributed by atoms with Crippen molar-refractivity contribution in [1.29, 1.82) is 0 Å². The number of carbonyl (C=O) groups excluding carboxylic acids is 2. The molecule has 1 aliphatic heterocycles. The summed E-state index contributed by atoms with van der Waals surface area (Å²) in [5, 5.41) is 5.17. The van der Waals surface area contributed by atoms with E-state index in [-0.39, 0.29) is 19.1 Å². The number of aromatic nitrogens is 1. The smallest absolute Gasteiger partial charge is 0.309 e. The Kier molecular flexibility index (Phi) is 7.98. The molecular weight excluding hydrogens is 428 g/mol. The van der Waals surface area contributed by atoms with Gasteiger partial charge in [-0.2, -0.15) is 4.31 Å². The first-order chi connectivity index (χ1) is 15.3. The third-order valence-corrected chi connectivity index (χ3v) is 7.74. The Labute approximate surface area is 189 Å². The maximum atomic E-state index is 13.4. The number of amides is 2. The van der Waals surface area contributed by atoms with Crippen LogP contribution in [0.5, 0.6) is 0 Å². The Balaban J connectivity index is 1.56. The van der Waals surface area contributed by atoms with Crippen LogP contribution < -0.4 is 10.6 Å². The van der Waals surface area contributed by atoms with Crippen molar-refractivity contribution < 1.29 is 18.0 Å². The number of nitrogens with one attached hydrogen (secondary N) is 2. The van der Waals surface area contributed by atoms with Gasteiger partial charge in [0.05, 0.1) is 4.90 Å². The third-order valence-electron chi connectivity index (χ3n) is 5.65. The molecule has 2 heterocycles. The average molecular weight is 459 g/mol. The fourth-order valence-corrected chi connectivity index (χ4v) is 5.92. The van der Waals surface area contributed by atoms with Crippen molar-refractivity contribution in [1.82, 2.24) is 19.9 Å². The normalized spacial score (nSPS) is 17.0. The van der Waals surface area contributed by atoms with E-state index in [0.29, 0.717) is 17.9 Å². The molecule has 0 bridgehead atoms. The van der Waals surface area contributed by atoms with Gasteiger partial charge in [-0.3, -0.25) is 14.6 Å². The minimum atomic E-state index is -3.64. The lowest BCUT2D eigenvalue weighted by molar-refractivity contribution is -0.139. The second-order valence-corrected chi connectivity index (χ2v) is 9.98. The number of aryl methyl sites for hydroxylation is 2. The molecular formula is C23H30N4O4S. The van der Waals surface area contributed by atoms with Crippen molar-refractivity contribution in [3.05, 3.63) is 59.4 Å². The van der Waals surface area contributed by atoms with E-state index >= 15 is 0 Å². The molecule has 9 heteroatoms. The van der Waals surface area contributed by atoms with Crippen molar-refractivity contribution in [2.24, 2.45) is 0 Å². The van der Waals surface area contributed by atoms with Gasteiger partial charge < -0.3 is 10.6 Å². The summed E-state index contributed by atoms with van der Waals surface area (Å²) in [4.78, 5) is 28.4. The van der Waals surface area contributed by atoms with Crippen LogP contribution in [0, 0.1) is 13.8 Å². The van der Waals surface area contributed by atoms with Gasteiger partial charge in [0.1, 0.15) is 0 Å². The Morgan fingerprint density at radius 1 is 1.12 bits per heavy atom. The van der Waals surface area contributed by atoms with Crippen molar-refractivity contribution in [2.45, 2.75) is 57.0 Å². The summed E-state index contributed by atoms with van der Waals surface area (Å²) in [5.74, 6) is -1.45. The van der Waals surface area contributed by atoms with E-state index in [0.717, 1.165) is 36.0 Å². The van der Waals surface area contributed by atoms with E-state index in [9.17, 15) is 18.0 Å². The van der Waals surface area contributed by atoms with E-state index in [1.54, 1.807) is 41.8 Å². The molecule has 172 valence electrons. The van der Waals surface area contributed by atoms with Gasteiger partial charge in [0.25, 0.3) is 0 Å². The highest BCUT2D eigenvalue weighted by Crippen LogP contribution is 2.29. The fourth-order valence-electron chi connectivity index (χ4n) is 3.89. The van der Waals surface area contributed by atoms with Gasteiger partial charge in [-0.25, -0.2) is 8.42 Å². The van der Waals surface area contributed by atoms with Crippen LogP contribution in [0.2, 0.25) is 0 Å². The van der Waals surface area contributed by atoms with Gasteiger partial charge >= 0.3 is 11.8 Å². The van der Waals surface area contributed by atoms with Gasteiger partial charge in [0.15, 0.2) is 0 Å². The summed E-state index contributed by atoms with van der Waals surface area (Å²) >= 11 is 0. The standard InChI is InChI=1S/C23H30N4O4S/c1-17-8-9-18(2)21(14-17)32(30,31)27-13-4-3-7-20(27)10-12-25-22(28)23(29)26-16-19-6-5-11-24-15-19/h5-6,8-9,11,14-15,20H,3-4,7,10,12-13,16H2,1-2H3,(H,25,28)(H,26,29)/t20-/m0/s1. The maximum Gasteiger partial charge on any atom is 0.309 e. The lowest BCUT2D eigenvalue weighted by Crippen LogP contribution is -2.46. The number of carbonyl (C=O) groups is 2. The van der Waals surface area contributed by atoms with Gasteiger partial charge in [0.2, 0.25) is 10.0 Å². The number of hydrogen-bond acceptors (Lipinski definition) is 5. The summed E-state index contributed by atoms with van der Waals surface area (Å²) in [7, 11) is -3.64. The van der Waals surface area contributed by atoms with Crippen molar-refractivity contribution >= 4 is 21.8 Å². The minimum absolute atomic E-state index is 0.213. The van der Waals surface area contributed by atoms with Crippen molar-refractivity contribution in [3.63, 3.8) is 0 Å². The first kappa shape index (κ1) is 23.9. The molecule has 0 spiro atoms. The number of sulfonamides is 1. The highest BCUT2D eigenvalue weighted by atomic mass is 32.2. The lowest BCUT2D eigenvalue weighted by atomic mass is 10.0. The Morgan fingerprint density at radius 2 is 1.91 bits per heavy atom.